The fraction of sp³-hybridized carbons (Fsp3) is 0.0405. The highest BCUT2D eigenvalue weighted by Crippen LogP contribution is 2.34. The average molecular weight is 1900 g/mol. The quantitative estimate of drug-likeness (QED) is 0.0599. The third-order valence-electron chi connectivity index (χ3n) is 26.9. The molecule has 148 heavy (non-hydrogen) atoms. The first-order valence-electron chi connectivity index (χ1n) is 51.4. The Balaban J connectivity index is 0.000000112. The smallest absolute Gasteiger partial charge is 0.00196 e. The van der Waals surface area contributed by atoms with Crippen LogP contribution in [0.3, 0.4) is 0 Å². The molecule has 0 unspecified atom stereocenters. The van der Waals surface area contributed by atoms with E-state index in [0.717, 1.165) is 38.5 Å². The summed E-state index contributed by atoms with van der Waals surface area (Å²) in [6.45, 7) is 0. The lowest BCUT2D eigenvalue weighted by atomic mass is 9.96. The van der Waals surface area contributed by atoms with Crippen molar-refractivity contribution in [3.63, 3.8) is 0 Å². The second-order valence-corrected chi connectivity index (χ2v) is 37.4. The van der Waals surface area contributed by atoms with Crippen molar-refractivity contribution < 1.29 is 0 Å². The summed E-state index contributed by atoms with van der Waals surface area (Å²) >= 11 is 0. The first-order valence-corrected chi connectivity index (χ1v) is 51.4. The zero-order valence-electron chi connectivity index (χ0n) is 83.4. The average Bonchev–Trinajstić information content (AvgIpc) is 0.785. The lowest BCUT2D eigenvalue weighted by molar-refractivity contribution is 1.19. The van der Waals surface area contributed by atoms with E-state index in [0.29, 0.717) is 0 Å². The van der Waals surface area contributed by atoms with Crippen LogP contribution in [0.25, 0.3) is 133 Å². The molecule has 0 bridgehead atoms. The topological polar surface area (TPSA) is 0 Å². The molecule has 0 heteroatoms. The first-order chi connectivity index (χ1) is 73.3. The van der Waals surface area contributed by atoms with Gasteiger partial charge in [0.05, 0.1) is 0 Å². The molecule has 24 rings (SSSR count). The Labute approximate surface area is 875 Å². The summed E-state index contributed by atoms with van der Waals surface area (Å²) in [4.78, 5) is 0. The standard InChI is InChI=1S/C31H24.3C25H20.C23H18.C19H16/c1-3-8-26(9-4-1)28-18-14-24(15-19-28)22-25-16-20-29(21-17-25)31-13-7-12-30(23-31)27-10-5-2-6-11-27;1-3-11-22(12-4-1)24-15-7-9-20(18-24)17-21-10-8-16-25(19-21)23-13-5-2-6-14-23;1-3-9-22(10-4-1)24-16-14-20(15-17-24)18-21-8-7-13-25(19-21)23-11-5-2-6-12-23;1-3-7-22(8-4-1)24-15-11-20(12-16-24)19-21-13-17-25(18-14-21)23-9-5-2-6-10-23;1-2-7-19(8-3-1)20-15-13-18(14-16-20)17-22-11-6-10-21-9-4-5-12-23(21)22;1-3-7-16(8-4-1)15-17-11-13-19(14-12-17)18-9-5-2-6-10-18/h1-21,23H,22H2;1-16,18-19H,17H2;1-17,19H,18H2;1-18H,19H2;1-16H,17H2;1-14H,15H2. The Hall–Kier alpha value is -18.5. The van der Waals surface area contributed by atoms with E-state index in [1.807, 2.05) is 6.07 Å². The number of benzene rings is 24. The van der Waals surface area contributed by atoms with Crippen molar-refractivity contribution >= 4 is 10.8 Å². The summed E-state index contributed by atoms with van der Waals surface area (Å²) in [5.41, 5.74) is 44.0. The van der Waals surface area contributed by atoms with Crippen LogP contribution in [-0.2, 0) is 38.5 Å². The normalized spacial score (nSPS) is 10.6. The van der Waals surface area contributed by atoms with E-state index in [-0.39, 0.29) is 0 Å². The predicted molar refractivity (Wildman–Crippen MR) is 631 cm³/mol. The van der Waals surface area contributed by atoms with Gasteiger partial charge in [-0.25, -0.2) is 0 Å². The molecule has 0 aliphatic rings. The van der Waals surface area contributed by atoms with Crippen molar-refractivity contribution in [1.82, 2.24) is 0 Å². The van der Waals surface area contributed by atoms with E-state index in [9.17, 15) is 0 Å². The van der Waals surface area contributed by atoms with Gasteiger partial charge in [-0.1, -0.05) is 637 Å². The van der Waals surface area contributed by atoms with E-state index < -0.39 is 0 Å². The van der Waals surface area contributed by atoms with Gasteiger partial charge in [-0.05, 0) is 245 Å². The van der Waals surface area contributed by atoms with Crippen LogP contribution in [0.4, 0.5) is 0 Å². The molecule has 0 fully saturated rings. The minimum atomic E-state index is 0.944. The molecule has 0 atom stereocenters. The van der Waals surface area contributed by atoms with Crippen LogP contribution in [0.15, 0.2) is 643 Å². The van der Waals surface area contributed by atoms with Gasteiger partial charge in [0.1, 0.15) is 0 Å². The Morgan fingerprint density at radius 2 is 0.223 bits per heavy atom. The van der Waals surface area contributed by atoms with E-state index in [4.69, 9.17) is 0 Å². The van der Waals surface area contributed by atoms with Crippen LogP contribution in [-0.4, -0.2) is 0 Å². The van der Waals surface area contributed by atoms with Gasteiger partial charge < -0.3 is 0 Å². The molecule has 0 nitrogen and oxygen atoms in total. The Morgan fingerprint density at radius 3 is 0.473 bits per heavy atom. The SMILES string of the molecule is c1ccc(-c2ccc(Cc3ccc(-c4cccc(-c5ccccc5)c4)cc3)cc2)cc1.c1ccc(-c2ccc(Cc3ccc(-c4ccccc4)cc3)cc2)cc1.c1ccc(-c2ccc(Cc3cccc(-c4ccccc4)c3)cc2)cc1.c1ccc(-c2ccc(Cc3cccc4ccccc34)cc2)cc1.c1ccc(-c2cccc(Cc3cccc(-c4ccccc4)c3)c2)cc1.c1ccc(Cc2ccc(-c3ccccc3)cc2)cc1. The Morgan fingerprint density at radius 1 is 0.0811 bits per heavy atom. The molecule has 0 aliphatic heterocycles. The van der Waals surface area contributed by atoms with E-state index in [1.165, 1.54) is 200 Å². The number of fused-ring (bicyclic) bond motifs is 1. The molecule has 0 aliphatic carbocycles. The van der Waals surface area contributed by atoms with Crippen LogP contribution in [0.5, 0.6) is 0 Å². The molecule has 0 spiro atoms. The van der Waals surface area contributed by atoms with E-state index in [2.05, 4.69) is 637 Å². The highest BCUT2D eigenvalue weighted by atomic mass is 14.2. The van der Waals surface area contributed by atoms with Gasteiger partial charge in [-0.15, -0.1) is 0 Å². The van der Waals surface area contributed by atoms with Gasteiger partial charge in [-0.2, -0.15) is 0 Å². The maximum atomic E-state index is 2.30. The molecule has 0 heterocycles. The number of hydrogen-bond donors (Lipinski definition) is 0. The maximum Gasteiger partial charge on any atom is -0.00196 e. The van der Waals surface area contributed by atoms with Crippen molar-refractivity contribution in [2.75, 3.05) is 0 Å². The molecule has 0 amide bonds. The molecule has 0 aromatic heterocycles. The van der Waals surface area contributed by atoms with Crippen LogP contribution >= 0.6 is 0 Å². The second-order valence-electron chi connectivity index (χ2n) is 37.4. The van der Waals surface area contributed by atoms with Crippen LogP contribution < -0.4 is 0 Å². The molecule has 24 aromatic carbocycles. The van der Waals surface area contributed by atoms with Crippen molar-refractivity contribution in [2.45, 2.75) is 38.5 Å². The molecular formula is C148H118. The molecule has 0 radical (unpaired) electrons. The van der Waals surface area contributed by atoms with Crippen molar-refractivity contribution in [3.05, 3.63) is 710 Å². The van der Waals surface area contributed by atoms with E-state index in [1.54, 1.807) is 0 Å². The monoisotopic (exact) mass is 1890 g/mol. The minimum Gasteiger partial charge on any atom is -0.0622 e. The summed E-state index contributed by atoms with van der Waals surface area (Å²) in [5, 5.41) is 2.66. The van der Waals surface area contributed by atoms with Gasteiger partial charge in [0, 0.05) is 0 Å². The summed E-state index contributed by atoms with van der Waals surface area (Å²) in [6.07, 6.45) is 5.77. The molecule has 710 valence electrons. The van der Waals surface area contributed by atoms with Crippen molar-refractivity contribution in [1.29, 1.82) is 0 Å². The van der Waals surface area contributed by atoms with Crippen LogP contribution in [0.2, 0.25) is 0 Å². The zero-order valence-corrected chi connectivity index (χ0v) is 83.4. The molecule has 0 N–H and O–H groups in total. The molecule has 0 saturated heterocycles. The van der Waals surface area contributed by atoms with Crippen molar-refractivity contribution in [3.8, 4) is 122 Å². The van der Waals surface area contributed by atoms with Crippen LogP contribution in [0, 0.1) is 0 Å². The van der Waals surface area contributed by atoms with Crippen molar-refractivity contribution in [2.24, 2.45) is 0 Å². The largest absolute Gasteiger partial charge is 0.0622 e. The van der Waals surface area contributed by atoms with Gasteiger partial charge in [0.2, 0.25) is 0 Å². The van der Waals surface area contributed by atoms with E-state index >= 15 is 0 Å². The predicted octanol–water partition coefficient (Wildman–Crippen LogP) is 39.2. The number of hydrogen-bond acceptors (Lipinski definition) is 0. The summed E-state index contributed by atoms with van der Waals surface area (Å²) in [6, 6.07) is 229. The van der Waals surface area contributed by atoms with Crippen LogP contribution in [0.1, 0.15) is 66.8 Å². The lowest BCUT2D eigenvalue weighted by Gasteiger charge is -2.08. The fourth-order valence-electron chi connectivity index (χ4n) is 18.9. The summed E-state index contributed by atoms with van der Waals surface area (Å²) < 4.78 is 0. The second kappa shape index (κ2) is 51.5. The summed E-state index contributed by atoms with van der Waals surface area (Å²) in [7, 11) is 0. The molecular weight excluding hydrogens is 1780 g/mol. The highest BCUT2D eigenvalue weighted by molar-refractivity contribution is 5.86. The molecule has 0 saturated carbocycles. The first kappa shape index (κ1) is 98.3. The Kier molecular flexibility index (Phi) is 34.2. The number of rotatable bonds is 23. The van der Waals surface area contributed by atoms with Gasteiger partial charge in [-0.3, -0.25) is 0 Å². The fourth-order valence-corrected chi connectivity index (χ4v) is 18.9. The Bertz CT molecular complexity index is 7950. The minimum absolute atomic E-state index is 0.944. The van der Waals surface area contributed by atoms with Gasteiger partial charge in [0.25, 0.3) is 0 Å². The zero-order chi connectivity index (χ0) is 100.0. The van der Waals surface area contributed by atoms with Gasteiger partial charge >= 0.3 is 0 Å². The summed E-state index contributed by atoms with van der Waals surface area (Å²) in [5.74, 6) is 0. The van der Waals surface area contributed by atoms with Gasteiger partial charge in [0.15, 0.2) is 0 Å². The third-order valence-corrected chi connectivity index (χ3v) is 26.9. The lowest BCUT2D eigenvalue weighted by Crippen LogP contribution is -1.90. The molecule has 24 aromatic rings. The third kappa shape index (κ3) is 28.3. The maximum absolute atomic E-state index is 2.30. The highest BCUT2D eigenvalue weighted by Gasteiger charge is 2.12.